The van der Waals surface area contributed by atoms with Crippen LogP contribution >= 0.6 is 0 Å². The van der Waals surface area contributed by atoms with Gasteiger partial charge in [0.25, 0.3) is 5.56 Å². The summed E-state index contributed by atoms with van der Waals surface area (Å²) >= 11 is 0. The highest BCUT2D eigenvalue weighted by atomic mass is 16.1. The SMILES string of the molecule is C=CC(CC)=Nc1cc(C)nn1-c1nc(C)cc(=O)[nH]1. The second kappa shape index (κ2) is 5.64. The monoisotopic (exact) mass is 271 g/mol. The Balaban J connectivity index is 2.60. The number of hydrogen-bond donors (Lipinski definition) is 1. The summed E-state index contributed by atoms with van der Waals surface area (Å²) in [6.07, 6.45) is 2.48. The van der Waals surface area contributed by atoms with E-state index in [2.05, 4.69) is 26.6 Å². The quantitative estimate of drug-likeness (QED) is 0.866. The first kappa shape index (κ1) is 13.9. The smallest absolute Gasteiger partial charge is 0.252 e. The van der Waals surface area contributed by atoms with Crippen LogP contribution in [-0.4, -0.2) is 25.5 Å². The predicted molar refractivity (Wildman–Crippen MR) is 79.0 cm³/mol. The Bertz CT molecular complexity index is 723. The summed E-state index contributed by atoms with van der Waals surface area (Å²) in [6.45, 7) is 9.36. The molecule has 0 aliphatic rings. The molecule has 2 heterocycles. The van der Waals surface area contributed by atoms with Gasteiger partial charge in [0.15, 0.2) is 5.82 Å². The lowest BCUT2D eigenvalue weighted by molar-refractivity contribution is 0.785. The van der Waals surface area contributed by atoms with Gasteiger partial charge in [-0.15, -0.1) is 0 Å². The van der Waals surface area contributed by atoms with Gasteiger partial charge in [-0.05, 0) is 26.3 Å². The molecule has 20 heavy (non-hydrogen) atoms. The number of allylic oxidation sites excluding steroid dienone is 1. The minimum atomic E-state index is -0.213. The first-order valence-electron chi connectivity index (χ1n) is 6.38. The summed E-state index contributed by atoms with van der Waals surface area (Å²) in [4.78, 5) is 23.0. The topological polar surface area (TPSA) is 75.9 Å². The summed E-state index contributed by atoms with van der Waals surface area (Å²) in [5.74, 6) is 0.981. The molecule has 0 bridgehead atoms. The zero-order valence-electron chi connectivity index (χ0n) is 11.8. The van der Waals surface area contributed by atoms with Crippen LogP contribution in [0.15, 0.2) is 34.6 Å². The largest absolute Gasteiger partial charge is 0.291 e. The zero-order valence-corrected chi connectivity index (χ0v) is 11.8. The second-order valence-corrected chi connectivity index (χ2v) is 4.43. The highest BCUT2D eigenvalue weighted by Crippen LogP contribution is 2.18. The second-order valence-electron chi connectivity index (χ2n) is 4.43. The van der Waals surface area contributed by atoms with Crippen LogP contribution in [0.3, 0.4) is 0 Å². The van der Waals surface area contributed by atoms with Gasteiger partial charge in [0.2, 0.25) is 5.95 Å². The lowest BCUT2D eigenvalue weighted by Gasteiger charge is -2.04. The molecule has 0 aromatic carbocycles. The maximum absolute atomic E-state index is 11.5. The van der Waals surface area contributed by atoms with Gasteiger partial charge in [-0.3, -0.25) is 9.78 Å². The number of hydrogen-bond acceptors (Lipinski definition) is 4. The number of aromatic nitrogens is 4. The Hall–Kier alpha value is -2.50. The Kier molecular flexibility index (Phi) is 3.93. The summed E-state index contributed by atoms with van der Waals surface area (Å²) in [5, 5.41) is 4.33. The number of nitrogens with zero attached hydrogens (tertiary/aromatic N) is 4. The van der Waals surface area contributed by atoms with Crippen molar-refractivity contribution in [1.82, 2.24) is 19.7 Å². The van der Waals surface area contributed by atoms with Crippen molar-refractivity contribution in [2.45, 2.75) is 27.2 Å². The molecule has 2 rings (SSSR count). The Morgan fingerprint density at radius 2 is 2.20 bits per heavy atom. The zero-order chi connectivity index (χ0) is 14.7. The van der Waals surface area contributed by atoms with Crippen LogP contribution in [0.4, 0.5) is 5.82 Å². The van der Waals surface area contributed by atoms with E-state index in [-0.39, 0.29) is 5.56 Å². The van der Waals surface area contributed by atoms with Crippen LogP contribution in [0.5, 0.6) is 0 Å². The normalized spacial score (nSPS) is 11.7. The highest BCUT2D eigenvalue weighted by molar-refractivity contribution is 5.95. The van der Waals surface area contributed by atoms with Crippen molar-refractivity contribution in [1.29, 1.82) is 0 Å². The van der Waals surface area contributed by atoms with Crippen molar-refractivity contribution < 1.29 is 0 Å². The van der Waals surface area contributed by atoms with Crippen LogP contribution in [0.1, 0.15) is 24.7 Å². The first-order chi connectivity index (χ1) is 9.53. The Morgan fingerprint density at radius 3 is 2.80 bits per heavy atom. The van der Waals surface area contributed by atoms with Crippen molar-refractivity contribution in [2.24, 2.45) is 4.99 Å². The van der Waals surface area contributed by atoms with Crippen LogP contribution in [0.25, 0.3) is 5.95 Å². The van der Waals surface area contributed by atoms with Crippen LogP contribution in [0.2, 0.25) is 0 Å². The number of aromatic amines is 1. The van der Waals surface area contributed by atoms with Gasteiger partial charge in [0.05, 0.1) is 5.69 Å². The van der Waals surface area contributed by atoms with Gasteiger partial charge in [0, 0.05) is 23.5 Å². The fourth-order valence-electron chi connectivity index (χ4n) is 1.80. The summed E-state index contributed by atoms with van der Waals surface area (Å²) < 4.78 is 1.53. The highest BCUT2D eigenvalue weighted by Gasteiger charge is 2.10. The third kappa shape index (κ3) is 2.90. The van der Waals surface area contributed by atoms with Gasteiger partial charge in [-0.25, -0.2) is 9.98 Å². The molecule has 0 aliphatic carbocycles. The maximum atomic E-state index is 11.5. The maximum Gasteiger partial charge on any atom is 0.252 e. The lowest BCUT2D eigenvalue weighted by Crippen LogP contribution is -2.14. The Labute approximate surface area is 116 Å². The van der Waals surface area contributed by atoms with E-state index in [1.165, 1.54) is 10.7 Å². The molecule has 6 nitrogen and oxygen atoms in total. The van der Waals surface area contributed by atoms with Gasteiger partial charge >= 0.3 is 0 Å². The van der Waals surface area contributed by atoms with Crippen molar-refractivity contribution in [3.8, 4) is 5.95 Å². The Morgan fingerprint density at radius 1 is 1.45 bits per heavy atom. The first-order valence-corrected chi connectivity index (χ1v) is 6.38. The van der Waals surface area contributed by atoms with E-state index in [0.717, 1.165) is 17.8 Å². The standard InChI is InChI=1S/C14H17N5O/c1-5-11(6-2)16-12-7-10(4)18-19(12)14-15-9(3)8-13(20)17-14/h5,7-8H,1,6H2,2-4H3,(H,15,17,20). The van der Waals surface area contributed by atoms with Crippen molar-refractivity contribution >= 4 is 11.5 Å². The van der Waals surface area contributed by atoms with Crippen molar-refractivity contribution in [3.63, 3.8) is 0 Å². The van der Waals surface area contributed by atoms with E-state index in [9.17, 15) is 4.79 Å². The van der Waals surface area contributed by atoms with Crippen LogP contribution in [0, 0.1) is 13.8 Å². The summed E-state index contributed by atoms with van der Waals surface area (Å²) in [5.41, 5.74) is 2.06. The van der Waals surface area contributed by atoms with E-state index in [1.54, 1.807) is 13.0 Å². The number of H-pyrrole nitrogens is 1. The molecule has 0 aliphatic heterocycles. The van der Waals surface area contributed by atoms with E-state index < -0.39 is 0 Å². The third-order valence-electron chi connectivity index (χ3n) is 2.73. The van der Waals surface area contributed by atoms with Crippen molar-refractivity contribution in [2.75, 3.05) is 0 Å². The lowest BCUT2D eigenvalue weighted by atomic mass is 10.3. The van der Waals surface area contributed by atoms with E-state index in [0.29, 0.717) is 17.5 Å². The molecule has 0 spiro atoms. The average molecular weight is 271 g/mol. The molecule has 0 saturated heterocycles. The summed E-state index contributed by atoms with van der Waals surface area (Å²) in [7, 11) is 0. The molecule has 0 atom stereocenters. The fraction of sp³-hybridized carbons (Fsp3) is 0.286. The molecular weight excluding hydrogens is 254 g/mol. The molecule has 0 fully saturated rings. The van der Waals surface area contributed by atoms with Gasteiger partial charge in [-0.1, -0.05) is 13.5 Å². The minimum Gasteiger partial charge on any atom is -0.291 e. The van der Waals surface area contributed by atoms with Crippen LogP contribution < -0.4 is 5.56 Å². The van der Waals surface area contributed by atoms with E-state index in [4.69, 9.17) is 0 Å². The molecule has 104 valence electrons. The minimum absolute atomic E-state index is 0.213. The molecule has 0 amide bonds. The van der Waals surface area contributed by atoms with Crippen LogP contribution in [-0.2, 0) is 0 Å². The molecule has 2 aromatic rings. The third-order valence-corrected chi connectivity index (χ3v) is 2.73. The molecular formula is C14H17N5O. The molecule has 0 radical (unpaired) electrons. The van der Waals surface area contributed by atoms with Crippen molar-refractivity contribution in [3.05, 3.63) is 46.5 Å². The number of aliphatic imine (C=N–C) groups is 1. The predicted octanol–water partition coefficient (Wildman–Crippen LogP) is 2.24. The molecule has 6 heteroatoms. The van der Waals surface area contributed by atoms with Gasteiger partial charge < -0.3 is 0 Å². The molecule has 1 N–H and O–H groups in total. The van der Waals surface area contributed by atoms with E-state index in [1.807, 2.05) is 19.9 Å². The average Bonchev–Trinajstić information content (AvgIpc) is 2.75. The molecule has 0 saturated carbocycles. The van der Waals surface area contributed by atoms with Gasteiger partial charge in [-0.2, -0.15) is 9.78 Å². The van der Waals surface area contributed by atoms with E-state index >= 15 is 0 Å². The number of rotatable bonds is 4. The fourth-order valence-corrected chi connectivity index (χ4v) is 1.80. The summed E-state index contributed by atoms with van der Waals surface area (Å²) in [6, 6.07) is 3.27. The van der Waals surface area contributed by atoms with Gasteiger partial charge in [0.1, 0.15) is 0 Å². The molecule has 0 unspecified atom stereocenters. The molecule has 2 aromatic heterocycles. The number of aryl methyl sites for hydroxylation is 2. The number of nitrogens with one attached hydrogen (secondary N) is 1.